The number of alkyl halides is 3. The third kappa shape index (κ3) is 7.18. The molecule has 0 bridgehead atoms. The van der Waals surface area contributed by atoms with Gasteiger partial charge in [0.25, 0.3) is 0 Å². The van der Waals surface area contributed by atoms with Gasteiger partial charge in [0.15, 0.2) is 5.69 Å². The predicted molar refractivity (Wildman–Crippen MR) is 134 cm³/mol. The molecule has 0 saturated heterocycles. The van der Waals surface area contributed by atoms with Crippen LogP contribution in [-0.2, 0) is 35.8 Å². The van der Waals surface area contributed by atoms with Crippen LogP contribution in [0.2, 0.25) is 0 Å². The van der Waals surface area contributed by atoms with Crippen LogP contribution in [0.5, 0.6) is 0 Å². The zero-order valence-electron chi connectivity index (χ0n) is 20.6. The third-order valence-electron chi connectivity index (χ3n) is 5.97. The highest BCUT2D eigenvalue weighted by molar-refractivity contribution is 7.89. The van der Waals surface area contributed by atoms with Gasteiger partial charge < -0.3 is 4.57 Å². The Hall–Kier alpha value is -2.69. The number of hydrogen-bond acceptors (Lipinski definition) is 4. The molecule has 2 aromatic carbocycles. The van der Waals surface area contributed by atoms with E-state index in [-0.39, 0.29) is 17.1 Å². The van der Waals surface area contributed by atoms with E-state index >= 15 is 0 Å². The number of nitrogens with two attached hydrogens (primary N) is 1. The Bertz CT molecular complexity index is 1220. The summed E-state index contributed by atoms with van der Waals surface area (Å²) in [6, 6.07) is 15.1. The van der Waals surface area contributed by atoms with E-state index in [2.05, 4.69) is 4.98 Å². The summed E-state index contributed by atoms with van der Waals surface area (Å²) in [4.78, 5) is 6.07. The molecule has 0 saturated carbocycles. The standard InChI is InChI=1S/C26H33F3N4O2S/c1-3-5-16-32(18-20-12-14-22(15-13-20)36(30,34)35)19-23-24(26(27,28)29)31-25(33(23)17-6-4-2)21-10-8-7-9-11-21/h7-15H,3-6,16-19H2,1-2H3,(H2,30,34,35). The molecule has 36 heavy (non-hydrogen) atoms. The van der Waals surface area contributed by atoms with Crippen LogP contribution < -0.4 is 5.14 Å². The molecule has 6 nitrogen and oxygen atoms in total. The van der Waals surface area contributed by atoms with Gasteiger partial charge in [-0.3, -0.25) is 4.90 Å². The smallest absolute Gasteiger partial charge is 0.326 e. The van der Waals surface area contributed by atoms with Crippen LogP contribution in [0.25, 0.3) is 11.4 Å². The number of imidazole rings is 1. The van der Waals surface area contributed by atoms with Gasteiger partial charge in [-0.05, 0) is 37.1 Å². The van der Waals surface area contributed by atoms with Gasteiger partial charge in [-0.25, -0.2) is 18.5 Å². The number of benzene rings is 2. The van der Waals surface area contributed by atoms with E-state index in [0.717, 1.165) is 31.2 Å². The normalized spacial score (nSPS) is 12.4. The number of nitrogens with zero attached hydrogens (tertiary/aromatic N) is 3. The first-order valence-corrected chi connectivity index (χ1v) is 13.6. The molecule has 0 spiro atoms. The zero-order valence-corrected chi connectivity index (χ0v) is 21.4. The van der Waals surface area contributed by atoms with Crippen molar-refractivity contribution in [1.82, 2.24) is 14.5 Å². The van der Waals surface area contributed by atoms with Gasteiger partial charge >= 0.3 is 6.18 Å². The van der Waals surface area contributed by atoms with E-state index in [0.29, 0.717) is 31.0 Å². The fourth-order valence-corrected chi connectivity index (χ4v) is 4.60. The molecule has 1 aromatic heterocycles. The van der Waals surface area contributed by atoms with Crippen molar-refractivity contribution in [2.75, 3.05) is 6.54 Å². The molecule has 196 valence electrons. The molecule has 0 unspecified atom stereocenters. The Kier molecular flexibility index (Phi) is 9.32. The van der Waals surface area contributed by atoms with Gasteiger partial charge in [0.1, 0.15) is 5.82 Å². The molecule has 0 atom stereocenters. The monoisotopic (exact) mass is 522 g/mol. The summed E-state index contributed by atoms with van der Waals surface area (Å²) in [6.07, 6.45) is -1.33. The minimum Gasteiger partial charge on any atom is -0.326 e. The van der Waals surface area contributed by atoms with Crippen molar-refractivity contribution in [2.45, 2.75) is 70.2 Å². The maximum Gasteiger partial charge on any atom is 0.435 e. The second-order valence-corrected chi connectivity index (χ2v) is 10.4. The van der Waals surface area contributed by atoms with Gasteiger partial charge in [-0.2, -0.15) is 13.2 Å². The van der Waals surface area contributed by atoms with Crippen molar-refractivity contribution < 1.29 is 21.6 Å². The van der Waals surface area contributed by atoms with Crippen LogP contribution in [-0.4, -0.2) is 29.4 Å². The topological polar surface area (TPSA) is 81.2 Å². The highest BCUT2D eigenvalue weighted by atomic mass is 32.2. The fourth-order valence-electron chi connectivity index (χ4n) is 4.09. The van der Waals surface area contributed by atoms with Gasteiger partial charge in [0.2, 0.25) is 10.0 Å². The van der Waals surface area contributed by atoms with E-state index in [4.69, 9.17) is 5.14 Å². The van der Waals surface area contributed by atoms with E-state index in [1.54, 1.807) is 41.0 Å². The average molecular weight is 523 g/mol. The predicted octanol–water partition coefficient (Wildman–Crippen LogP) is 5.82. The van der Waals surface area contributed by atoms with Crippen molar-refractivity contribution in [2.24, 2.45) is 5.14 Å². The highest BCUT2D eigenvalue weighted by Crippen LogP contribution is 2.35. The molecule has 0 aliphatic rings. The van der Waals surface area contributed by atoms with Crippen molar-refractivity contribution >= 4 is 10.0 Å². The second-order valence-electron chi connectivity index (χ2n) is 8.85. The number of halogens is 3. The first-order valence-electron chi connectivity index (χ1n) is 12.1. The number of unbranched alkanes of at least 4 members (excludes halogenated alkanes) is 2. The first-order chi connectivity index (χ1) is 17.0. The molecule has 1 heterocycles. The minimum absolute atomic E-state index is 0.00383. The zero-order chi connectivity index (χ0) is 26.3. The largest absolute Gasteiger partial charge is 0.435 e. The van der Waals surface area contributed by atoms with Crippen LogP contribution >= 0.6 is 0 Å². The van der Waals surface area contributed by atoms with Gasteiger partial charge in [-0.1, -0.05) is 69.2 Å². The number of rotatable bonds is 12. The minimum atomic E-state index is -4.59. The Morgan fingerprint density at radius 3 is 2.14 bits per heavy atom. The molecular weight excluding hydrogens is 489 g/mol. The van der Waals surface area contributed by atoms with Crippen LogP contribution in [0, 0.1) is 0 Å². The Morgan fingerprint density at radius 1 is 0.944 bits per heavy atom. The maximum absolute atomic E-state index is 14.2. The third-order valence-corrected chi connectivity index (χ3v) is 6.90. The van der Waals surface area contributed by atoms with Gasteiger partial charge in [-0.15, -0.1) is 0 Å². The quantitative estimate of drug-likeness (QED) is 0.325. The van der Waals surface area contributed by atoms with E-state index in [1.165, 1.54) is 12.1 Å². The summed E-state index contributed by atoms with van der Waals surface area (Å²) in [5.74, 6) is 0.319. The van der Waals surface area contributed by atoms with Crippen LogP contribution in [0.4, 0.5) is 13.2 Å². The van der Waals surface area contributed by atoms with Crippen molar-refractivity contribution in [3.8, 4) is 11.4 Å². The lowest BCUT2D eigenvalue weighted by Crippen LogP contribution is -2.27. The molecule has 0 fully saturated rings. The summed E-state index contributed by atoms with van der Waals surface area (Å²) in [7, 11) is -3.82. The maximum atomic E-state index is 14.2. The fraction of sp³-hybridized carbons (Fsp3) is 0.423. The molecule has 10 heteroatoms. The van der Waals surface area contributed by atoms with E-state index in [1.807, 2.05) is 24.8 Å². The lowest BCUT2D eigenvalue weighted by atomic mass is 10.1. The number of hydrogen-bond donors (Lipinski definition) is 1. The van der Waals surface area contributed by atoms with Crippen molar-refractivity contribution in [1.29, 1.82) is 0 Å². The summed E-state index contributed by atoms with van der Waals surface area (Å²) >= 11 is 0. The Labute approximate surface area is 211 Å². The molecule has 0 aliphatic heterocycles. The second kappa shape index (κ2) is 12.0. The van der Waals surface area contributed by atoms with Crippen LogP contribution in [0.1, 0.15) is 56.5 Å². The highest BCUT2D eigenvalue weighted by Gasteiger charge is 2.39. The van der Waals surface area contributed by atoms with E-state index < -0.39 is 21.9 Å². The molecule has 0 amide bonds. The molecule has 0 radical (unpaired) electrons. The summed E-state index contributed by atoms with van der Waals surface area (Å²) < 4.78 is 67.5. The number of primary sulfonamides is 1. The summed E-state index contributed by atoms with van der Waals surface area (Å²) in [5.41, 5.74) is 0.717. The average Bonchev–Trinajstić information content (AvgIpc) is 3.20. The Morgan fingerprint density at radius 2 is 1.58 bits per heavy atom. The molecule has 2 N–H and O–H groups in total. The molecule has 3 aromatic rings. The molecular formula is C26H33F3N4O2S. The van der Waals surface area contributed by atoms with Gasteiger partial charge in [0, 0.05) is 25.2 Å². The van der Waals surface area contributed by atoms with Crippen molar-refractivity contribution in [3.05, 3.63) is 71.5 Å². The van der Waals surface area contributed by atoms with Crippen LogP contribution in [0.3, 0.4) is 0 Å². The molecule has 3 rings (SSSR count). The summed E-state index contributed by atoms with van der Waals surface area (Å²) in [6.45, 7) is 5.48. The SMILES string of the molecule is CCCCN(Cc1ccc(S(N)(=O)=O)cc1)Cc1c(C(F)(F)F)nc(-c2ccccc2)n1CCCC. The lowest BCUT2D eigenvalue weighted by molar-refractivity contribution is -0.141. The number of sulfonamides is 1. The van der Waals surface area contributed by atoms with E-state index in [9.17, 15) is 21.6 Å². The van der Waals surface area contributed by atoms with Crippen LogP contribution in [0.15, 0.2) is 59.5 Å². The summed E-state index contributed by atoms with van der Waals surface area (Å²) in [5, 5.41) is 5.19. The molecule has 0 aliphatic carbocycles. The first kappa shape index (κ1) is 27.9. The van der Waals surface area contributed by atoms with Crippen molar-refractivity contribution in [3.63, 3.8) is 0 Å². The lowest BCUT2D eigenvalue weighted by Gasteiger charge is -2.24. The van der Waals surface area contributed by atoms with Gasteiger partial charge in [0.05, 0.1) is 10.6 Å². The Balaban J connectivity index is 2.03. The number of aromatic nitrogens is 2.